The van der Waals surface area contributed by atoms with E-state index in [-0.39, 0.29) is 27.9 Å². The highest BCUT2D eigenvalue weighted by atomic mass is 16.6. The smallest absolute Gasteiger partial charge is 0.410 e. The number of hydrogen-bond acceptors (Lipinski definition) is 2. The normalized spacial score (nSPS) is 22.0. The standard InChI is InChI=1S/C20H39NO2.2C3H8/c1-16(2,3)23-15(22)21-14-18(6,7)12-17(4,5)13-19(8,9)20(21,10)11;2*1-3-2/h12-14H2,1-11H3;2*3H2,1-2H3. The minimum Gasteiger partial charge on any atom is -0.444 e. The molecule has 1 aliphatic rings. The summed E-state index contributed by atoms with van der Waals surface area (Å²) in [6.07, 6.45) is 4.48. The Labute approximate surface area is 184 Å². The third-order valence-corrected chi connectivity index (χ3v) is 5.41. The van der Waals surface area contributed by atoms with E-state index in [9.17, 15) is 4.79 Å². The van der Waals surface area contributed by atoms with E-state index in [0.717, 1.165) is 19.4 Å². The molecule has 3 nitrogen and oxygen atoms in total. The molecule has 0 aromatic carbocycles. The Morgan fingerprint density at radius 1 is 0.793 bits per heavy atom. The summed E-state index contributed by atoms with van der Waals surface area (Å²) < 4.78 is 5.73. The zero-order valence-electron chi connectivity index (χ0n) is 22.8. The van der Waals surface area contributed by atoms with Crippen molar-refractivity contribution in [1.82, 2.24) is 4.90 Å². The van der Waals surface area contributed by atoms with Crippen LogP contribution in [0.25, 0.3) is 0 Å². The molecule has 0 saturated carbocycles. The molecule has 1 amide bonds. The molecule has 0 aromatic heterocycles. The number of hydrogen-bond donors (Lipinski definition) is 0. The highest BCUT2D eigenvalue weighted by Gasteiger charge is 2.51. The van der Waals surface area contributed by atoms with Gasteiger partial charge in [-0.1, -0.05) is 82.1 Å². The van der Waals surface area contributed by atoms with Crippen molar-refractivity contribution >= 4 is 6.09 Å². The first-order chi connectivity index (χ1) is 12.7. The second-order valence-electron chi connectivity index (χ2n) is 12.6. The molecule has 0 bridgehead atoms. The lowest BCUT2D eigenvalue weighted by Crippen LogP contribution is -2.62. The van der Waals surface area contributed by atoms with Crippen LogP contribution in [0, 0.1) is 16.2 Å². The molecule has 3 heteroatoms. The number of likely N-dealkylation sites (tertiary alicyclic amines) is 1. The van der Waals surface area contributed by atoms with E-state index >= 15 is 0 Å². The molecule has 1 heterocycles. The summed E-state index contributed by atoms with van der Waals surface area (Å²) in [6, 6.07) is 0. The van der Waals surface area contributed by atoms with Crippen molar-refractivity contribution in [1.29, 1.82) is 0 Å². The van der Waals surface area contributed by atoms with Crippen molar-refractivity contribution in [3.63, 3.8) is 0 Å². The largest absolute Gasteiger partial charge is 0.444 e. The van der Waals surface area contributed by atoms with Gasteiger partial charge in [-0.3, -0.25) is 0 Å². The Morgan fingerprint density at radius 3 is 1.52 bits per heavy atom. The fourth-order valence-corrected chi connectivity index (χ4v) is 4.43. The lowest BCUT2D eigenvalue weighted by atomic mass is 9.59. The maximum absolute atomic E-state index is 12.9. The summed E-state index contributed by atoms with van der Waals surface area (Å²) in [7, 11) is 0. The van der Waals surface area contributed by atoms with Crippen LogP contribution in [0.15, 0.2) is 0 Å². The van der Waals surface area contributed by atoms with E-state index in [0.29, 0.717) is 0 Å². The van der Waals surface area contributed by atoms with Crippen molar-refractivity contribution in [3.05, 3.63) is 0 Å². The Bertz CT molecular complexity index is 479. The predicted octanol–water partition coefficient (Wildman–Crippen LogP) is 8.71. The van der Waals surface area contributed by atoms with Crippen LogP contribution in [0.2, 0.25) is 0 Å². The SMILES string of the molecule is CC1(C)CN(C(=O)OC(C)(C)C)C(C)(C)C(C)(C)CC(C)(C)C1.CCC.CCC. The Balaban J connectivity index is 0. The van der Waals surface area contributed by atoms with Gasteiger partial charge in [0.1, 0.15) is 5.60 Å². The van der Waals surface area contributed by atoms with Crippen molar-refractivity contribution < 1.29 is 9.53 Å². The number of nitrogens with zero attached hydrogens (tertiary/aromatic N) is 1. The molecule has 0 aliphatic carbocycles. The van der Waals surface area contributed by atoms with E-state index < -0.39 is 5.60 Å². The molecule has 29 heavy (non-hydrogen) atoms. The third kappa shape index (κ3) is 10.7. The molecule has 0 radical (unpaired) electrons. The van der Waals surface area contributed by atoms with Gasteiger partial charge in [0.05, 0.1) is 0 Å². The Kier molecular flexibility index (Phi) is 11.6. The molecule has 1 fully saturated rings. The highest BCUT2D eigenvalue weighted by molar-refractivity contribution is 5.69. The van der Waals surface area contributed by atoms with Gasteiger partial charge in [0.2, 0.25) is 0 Å². The van der Waals surface area contributed by atoms with Crippen LogP contribution in [-0.2, 0) is 4.74 Å². The fraction of sp³-hybridized carbons (Fsp3) is 0.962. The second-order valence-corrected chi connectivity index (χ2v) is 12.6. The van der Waals surface area contributed by atoms with Gasteiger partial charge in [-0.25, -0.2) is 4.79 Å². The van der Waals surface area contributed by atoms with Crippen molar-refractivity contribution in [3.8, 4) is 0 Å². The third-order valence-electron chi connectivity index (χ3n) is 5.41. The molecule has 0 spiro atoms. The van der Waals surface area contributed by atoms with Gasteiger partial charge in [0, 0.05) is 12.1 Å². The Morgan fingerprint density at radius 2 is 1.17 bits per heavy atom. The topological polar surface area (TPSA) is 29.5 Å². The van der Waals surface area contributed by atoms with Crippen molar-refractivity contribution in [2.24, 2.45) is 16.2 Å². The average Bonchev–Trinajstić information content (AvgIpc) is 2.40. The molecule has 0 aromatic rings. The highest BCUT2D eigenvalue weighted by Crippen LogP contribution is 2.51. The first-order valence-electron chi connectivity index (χ1n) is 11.7. The van der Waals surface area contributed by atoms with Gasteiger partial charge >= 0.3 is 6.09 Å². The summed E-state index contributed by atoms with van der Waals surface area (Å²) in [4.78, 5) is 14.9. The molecule has 0 unspecified atom stereocenters. The molecular formula is C26H55NO2. The van der Waals surface area contributed by atoms with Crippen LogP contribution < -0.4 is 0 Å². The van der Waals surface area contributed by atoms with Gasteiger partial charge in [-0.05, 0) is 63.7 Å². The summed E-state index contributed by atoms with van der Waals surface area (Å²) >= 11 is 0. The summed E-state index contributed by atoms with van der Waals surface area (Å²) in [5, 5.41) is 0. The van der Waals surface area contributed by atoms with Gasteiger partial charge < -0.3 is 9.64 Å². The van der Waals surface area contributed by atoms with E-state index in [1.165, 1.54) is 12.8 Å². The number of carbonyl (C=O) groups excluding carboxylic acids is 1. The zero-order chi connectivity index (χ0) is 23.9. The van der Waals surface area contributed by atoms with Gasteiger partial charge in [0.15, 0.2) is 0 Å². The maximum atomic E-state index is 12.9. The van der Waals surface area contributed by atoms with Crippen LogP contribution in [0.3, 0.4) is 0 Å². The first-order valence-corrected chi connectivity index (χ1v) is 11.7. The fourth-order valence-electron chi connectivity index (χ4n) is 4.43. The van der Waals surface area contributed by atoms with Gasteiger partial charge in [-0.15, -0.1) is 0 Å². The van der Waals surface area contributed by atoms with E-state index in [1.54, 1.807) is 0 Å². The molecular weight excluding hydrogens is 358 g/mol. The summed E-state index contributed by atoms with van der Waals surface area (Å²) in [5.74, 6) is 0. The average molecular weight is 414 g/mol. The molecule has 176 valence electrons. The molecule has 0 atom stereocenters. The van der Waals surface area contributed by atoms with E-state index in [1.807, 2.05) is 25.7 Å². The monoisotopic (exact) mass is 413 g/mol. The van der Waals surface area contributed by atoms with Crippen LogP contribution >= 0.6 is 0 Å². The minimum atomic E-state index is -0.469. The van der Waals surface area contributed by atoms with Gasteiger partial charge in [0.25, 0.3) is 0 Å². The first kappa shape index (κ1) is 30.5. The number of ether oxygens (including phenoxy) is 1. The van der Waals surface area contributed by atoms with Crippen LogP contribution in [-0.4, -0.2) is 28.7 Å². The predicted molar refractivity (Wildman–Crippen MR) is 130 cm³/mol. The van der Waals surface area contributed by atoms with Crippen molar-refractivity contribution in [2.75, 3.05) is 6.54 Å². The Hall–Kier alpha value is -0.730. The lowest BCUT2D eigenvalue weighted by Gasteiger charge is -2.56. The number of carbonyl (C=O) groups is 1. The zero-order valence-corrected chi connectivity index (χ0v) is 22.8. The molecule has 1 aliphatic heterocycles. The quantitative estimate of drug-likeness (QED) is 0.397. The maximum Gasteiger partial charge on any atom is 0.410 e. The summed E-state index contributed by atoms with van der Waals surface area (Å²) in [6.45, 7) is 33.2. The molecule has 1 saturated heterocycles. The minimum absolute atomic E-state index is 0.00387. The number of amides is 1. The van der Waals surface area contributed by atoms with Crippen LogP contribution in [0.5, 0.6) is 0 Å². The second kappa shape index (κ2) is 11.0. The van der Waals surface area contributed by atoms with E-state index in [2.05, 4.69) is 83.1 Å². The number of rotatable bonds is 0. The van der Waals surface area contributed by atoms with Crippen LogP contribution in [0.1, 0.15) is 130 Å². The van der Waals surface area contributed by atoms with E-state index in [4.69, 9.17) is 4.74 Å². The summed E-state index contributed by atoms with van der Waals surface area (Å²) in [5.41, 5.74) is -0.421. The van der Waals surface area contributed by atoms with Gasteiger partial charge in [-0.2, -0.15) is 0 Å². The lowest BCUT2D eigenvalue weighted by molar-refractivity contribution is -0.0751. The molecule has 0 N–H and O–H groups in total. The van der Waals surface area contributed by atoms with Crippen LogP contribution in [0.4, 0.5) is 4.79 Å². The molecule has 1 rings (SSSR count). The van der Waals surface area contributed by atoms with Crippen molar-refractivity contribution in [2.45, 2.75) is 141 Å².